The van der Waals surface area contributed by atoms with Crippen LogP contribution in [0.2, 0.25) is 0 Å². The quantitative estimate of drug-likeness (QED) is 0.584. The van der Waals surface area contributed by atoms with Gasteiger partial charge in [-0.2, -0.15) is 5.26 Å². The molecule has 1 heterocycles. The van der Waals surface area contributed by atoms with Gasteiger partial charge in [0.2, 0.25) is 5.82 Å². The fraction of sp³-hybridized carbons (Fsp3) is 0.500. The van der Waals surface area contributed by atoms with Crippen molar-refractivity contribution in [3.05, 3.63) is 17.7 Å². The molecule has 92 valence electrons. The molecule has 0 amide bonds. The van der Waals surface area contributed by atoms with Gasteiger partial charge in [0.25, 0.3) is 0 Å². The fourth-order valence-corrected chi connectivity index (χ4v) is 1.58. The highest BCUT2D eigenvalue weighted by Gasteiger charge is 2.14. The lowest BCUT2D eigenvalue weighted by Gasteiger charge is -2.05. The number of aromatic nitrogens is 2. The molecule has 1 rings (SSSR count). The molecule has 1 aromatic rings. The van der Waals surface area contributed by atoms with Crippen LogP contribution >= 0.6 is 0 Å². The molecule has 0 atom stereocenters. The molecule has 0 aliphatic heterocycles. The van der Waals surface area contributed by atoms with Gasteiger partial charge in [0.1, 0.15) is 18.6 Å². The molecule has 0 spiro atoms. The smallest absolute Gasteiger partial charge is 0.372 e. The van der Waals surface area contributed by atoms with E-state index < -0.39 is 5.97 Å². The number of nitrogens with zero attached hydrogens (tertiary/aromatic N) is 3. The monoisotopic (exact) mass is 256 g/mol. The number of rotatable bonds is 6. The Balaban J connectivity index is 2.61. The van der Waals surface area contributed by atoms with Crippen molar-refractivity contribution in [3.63, 3.8) is 0 Å². The molecular weight excluding hydrogens is 242 g/mol. The lowest BCUT2D eigenvalue weighted by Crippen LogP contribution is -2.14. The second kappa shape index (κ2) is 6.27. The molecule has 6 nitrogen and oxygen atoms in total. The molecule has 0 aromatic carbocycles. The van der Waals surface area contributed by atoms with Crippen LogP contribution in [0.1, 0.15) is 16.3 Å². The number of carboxylic acid groups (broad SMARTS) is 1. The van der Waals surface area contributed by atoms with Crippen LogP contribution in [0.25, 0.3) is 0 Å². The van der Waals surface area contributed by atoms with Gasteiger partial charge in [-0.15, -0.1) is 0 Å². The molecule has 0 fully saturated rings. The summed E-state index contributed by atoms with van der Waals surface area (Å²) in [4.78, 5) is 14.5. The third kappa shape index (κ3) is 4.09. The molecular formula is C10H14N3O3S+. The number of carbonyl (C=O) groups is 1. The van der Waals surface area contributed by atoms with E-state index in [-0.39, 0.29) is 18.2 Å². The number of nitriles is 1. The predicted octanol–water partition coefficient (Wildman–Crippen LogP) is 0.305. The number of carboxylic acids is 1. The highest BCUT2D eigenvalue weighted by Crippen LogP contribution is 2.03. The van der Waals surface area contributed by atoms with Gasteiger partial charge in [-0.3, -0.25) is 0 Å². The van der Waals surface area contributed by atoms with Crippen molar-refractivity contribution in [1.29, 1.82) is 5.26 Å². The van der Waals surface area contributed by atoms with Gasteiger partial charge in [-0.05, 0) is 10.9 Å². The third-order valence-electron chi connectivity index (χ3n) is 1.95. The molecule has 0 unspecified atom stereocenters. The second-order valence-corrected chi connectivity index (χ2v) is 5.94. The maximum absolute atomic E-state index is 10.8. The number of imidazole rings is 1. The summed E-state index contributed by atoms with van der Waals surface area (Å²) < 4.78 is 6.66. The van der Waals surface area contributed by atoms with Gasteiger partial charge in [0.05, 0.1) is 19.1 Å². The summed E-state index contributed by atoms with van der Waals surface area (Å²) in [6, 6.07) is 1.80. The SMILES string of the molecule is C[S+](C)CCOCn1cc(C#N)nc1C(=O)O. The van der Waals surface area contributed by atoms with Crippen molar-refractivity contribution in [3.8, 4) is 6.07 Å². The summed E-state index contributed by atoms with van der Waals surface area (Å²) in [5, 5.41) is 17.5. The molecule has 7 heteroatoms. The zero-order valence-corrected chi connectivity index (χ0v) is 10.5. The summed E-state index contributed by atoms with van der Waals surface area (Å²) in [6.45, 7) is 0.669. The van der Waals surface area contributed by atoms with Crippen LogP contribution in [-0.4, -0.2) is 45.5 Å². The van der Waals surface area contributed by atoms with E-state index >= 15 is 0 Å². The van der Waals surface area contributed by atoms with Crippen LogP contribution in [0.5, 0.6) is 0 Å². The van der Waals surface area contributed by atoms with E-state index in [0.717, 1.165) is 5.75 Å². The van der Waals surface area contributed by atoms with Crippen LogP contribution in [0.15, 0.2) is 6.20 Å². The van der Waals surface area contributed by atoms with Crippen LogP contribution in [0.4, 0.5) is 0 Å². The Morgan fingerprint density at radius 3 is 2.94 bits per heavy atom. The lowest BCUT2D eigenvalue weighted by atomic mass is 10.5. The van der Waals surface area contributed by atoms with E-state index in [0.29, 0.717) is 17.5 Å². The Bertz CT molecular complexity index is 436. The first kappa shape index (κ1) is 13.5. The van der Waals surface area contributed by atoms with Crippen LogP contribution < -0.4 is 0 Å². The zero-order valence-electron chi connectivity index (χ0n) is 9.71. The molecule has 0 saturated heterocycles. The van der Waals surface area contributed by atoms with E-state index in [2.05, 4.69) is 17.5 Å². The second-order valence-electron chi connectivity index (χ2n) is 3.56. The first-order valence-electron chi connectivity index (χ1n) is 4.87. The molecule has 0 radical (unpaired) electrons. The normalized spacial score (nSPS) is 10.5. The Morgan fingerprint density at radius 1 is 1.71 bits per heavy atom. The Hall–Kier alpha value is -1.52. The average molecular weight is 256 g/mol. The molecule has 0 bridgehead atoms. The Kier molecular flexibility index (Phi) is 5.00. The van der Waals surface area contributed by atoms with Crippen molar-refractivity contribution in [2.24, 2.45) is 0 Å². The molecule has 1 aromatic heterocycles. The maximum Gasteiger partial charge on any atom is 0.372 e. The van der Waals surface area contributed by atoms with Gasteiger partial charge in [0.15, 0.2) is 5.69 Å². The highest BCUT2D eigenvalue weighted by atomic mass is 32.2. The van der Waals surface area contributed by atoms with E-state index in [4.69, 9.17) is 15.1 Å². The van der Waals surface area contributed by atoms with E-state index in [9.17, 15) is 4.79 Å². The van der Waals surface area contributed by atoms with Crippen LogP contribution in [0.3, 0.4) is 0 Å². The standard InChI is InChI=1S/C10H13N3O3S/c1-17(2)4-3-16-7-13-6-8(5-11)12-9(13)10(14)15/h6H,3-4,7H2,1-2H3/p+1. The maximum atomic E-state index is 10.8. The third-order valence-corrected chi connectivity index (χ3v) is 2.93. The summed E-state index contributed by atoms with van der Waals surface area (Å²) in [5.41, 5.74) is 0.0803. The minimum atomic E-state index is -1.17. The van der Waals surface area contributed by atoms with E-state index in [1.54, 1.807) is 6.07 Å². The van der Waals surface area contributed by atoms with Gasteiger partial charge in [-0.1, -0.05) is 0 Å². The van der Waals surface area contributed by atoms with E-state index in [1.165, 1.54) is 10.8 Å². The number of hydrogen-bond donors (Lipinski definition) is 1. The molecule has 0 saturated carbocycles. The van der Waals surface area contributed by atoms with Crippen molar-refractivity contribution in [2.45, 2.75) is 6.73 Å². The largest absolute Gasteiger partial charge is 0.475 e. The van der Waals surface area contributed by atoms with Crippen LogP contribution in [0, 0.1) is 11.3 Å². The van der Waals surface area contributed by atoms with Gasteiger partial charge in [-0.25, -0.2) is 9.78 Å². The first-order chi connectivity index (χ1) is 8.04. The molecule has 1 N–H and O–H groups in total. The zero-order chi connectivity index (χ0) is 12.8. The molecule has 0 aliphatic carbocycles. The Morgan fingerprint density at radius 2 is 2.41 bits per heavy atom. The number of aromatic carboxylic acids is 1. The van der Waals surface area contributed by atoms with Gasteiger partial charge < -0.3 is 14.4 Å². The fourth-order valence-electron chi connectivity index (χ4n) is 1.13. The van der Waals surface area contributed by atoms with E-state index in [1.807, 2.05) is 0 Å². The van der Waals surface area contributed by atoms with Crippen LogP contribution in [-0.2, 0) is 22.4 Å². The van der Waals surface area contributed by atoms with Crippen molar-refractivity contribution < 1.29 is 14.6 Å². The minimum Gasteiger partial charge on any atom is -0.475 e. The van der Waals surface area contributed by atoms with Crippen molar-refractivity contribution in [2.75, 3.05) is 24.9 Å². The summed E-state index contributed by atoms with van der Waals surface area (Å²) in [7, 11) is 0.297. The number of hydrogen-bond acceptors (Lipinski definition) is 4. The first-order valence-corrected chi connectivity index (χ1v) is 7.08. The summed E-state index contributed by atoms with van der Waals surface area (Å²) in [5.74, 6) is -0.406. The summed E-state index contributed by atoms with van der Waals surface area (Å²) >= 11 is 0. The summed E-state index contributed by atoms with van der Waals surface area (Å²) in [6.07, 6.45) is 5.59. The van der Waals surface area contributed by atoms with Gasteiger partial charge in [0, 0.05) is 6.20 Å². The average Bonchev–Trinajstić information content (AvgIpc) is 2.67. The molecule has 17 heavy (non-hydrogen) atoms. The van der Waals surface area contributed by atoms with Gasteiger partial charge >= 0.3 is 5.97 Å². The number of ether oxygens (including phenoxy) is 1. The van der Waals surface area contributed by atoms with Crippen molar-refractivity contribution >= 4 is 16.9 Å². The minimum absolute atomic E-state index is 0.0803. The highest BCUT2D eigenvalue weighted by molar-refractivity contribution is 7.95. The lowest BCUT2D eigenvalue weighted by molar-refractivity contribution is 0.0618. The Labute approximate surface area is 102 Å². The molecule has 0 aliphatic rings. The topological polar surface area (TPSA) is 88.1 Å². The van der Waals surface area contributed by atoms with Crippen molar-refractivity contribution in [1.82, 2.24) is 9.55 Å². The predicted molar refractivity (Wildman–Crippen MR) is 63.9 cm³/mol.